The summed E-state index contributed by atoms with van der Waals surface area (Å²) >= 11 is 0. The van der Waals surface area contributed by atoms with Crippen LogP contribution in [0.5, 0.6) is 5.75 Å². The van der Waals surface area contributed by atoms with Crippen molar-refractivity contribution in [2.75, 3.05) is 10.4 Å². The summed E-state index contributed by atoms with van der Waals surface area (Å²) < 4.78 is 0. The number of hydrazone groups is 2. The summed E-state index contributed by atoms with van der Waals surface area (Å²) in [6.07, 6.45) is 2.79. The van der Waals surface area contributed by atoms with Gasteiger partial charge in [-0.15, -0.1) is 0 Å². The van der Waals surface area contributed by atoms with Crippen LogP contribution >= 0.6 is 0 Å². The molecule has 33 heavy (non-hydrogen) atoms. The molecule has 2 atom stereocenters. The van der Waals surface area contributed by atoms with Gasteiger partial charge in [0.15, 0.2) is 5.71 Å². The van der Waals surface area contributed by atoms with E-state index in [0.717, 1.165) is 24.0 Å². The molecule has 2 aromatic rings. The second-order valence-corrected chi connectivity index (χ2v) is 8.79. The molecule has 4 rings (SSSR count). The quantitative estimate of drug-likeness (QED) is 0.458. The zero-order valence-corrected chi connectivity index (χ0v) is 19.0. The Morgan fingerprint density at radius 1 is 1.15 bits per heavy atom. The van der Waals surface area contributed by atoms with Gasteiger partial charge in [0.05, 0.1) is 23.0 Å². The van der Waals surface area contributed by atoms with Gasteiger partial charge in [0, 0.05) is 0 Å². The molecule has 1 saturated carbocycles. The number of anilines is 2. The van der Waals surface area contributed by atoms with E-state index >= 15 is 0 Å². The van der Waals surface area contributed by atoms with Gasteiger partial charge in [0.2, 0.25) is 0 Å². The molecule has 0 radical (unpaired) electrons. The first-order valence-corrected chi connectivity index (χ1v) is 11.1. The SMILES string of the molecule is CC1=NN(c2ccc(C)c(C)c2)C(=O)/C1=N\Nc1cccc(C2CCCC(C(=O)O)C2)c1O. The molecule has 8 heteroatoms. The Bertz CT molecular complexity index is 1170. The average Bonchev–Trinajstić information content (AvgIpc) is 3.08. The van der Waals surface area contributed by atoms with Crippen molar-refractivity contribution in [2.45, 2.75) is 52.4 Å². The number of nitrogens with one attached hydrogen (secondary N) is 1. The van der Waals surface area contributed by atoms with Gasteiger partial charge < -0.3 is 10.2 Å². The fourth-order valence-corrected chi connectivity index (χ4v) is 4.45. The molecule has 8 nitrogen and oxygen atoms in total. The minimum absolute atomic E-state index is 0.0314. The van der Waals surface area contributed by atoms with Crippen molar-refractivity contribution >= 4 is 34.7 Å². The summed E-state index contributed by atoms with van der Waals surface area (Å²) in [5.41, 5.74) is 7.38. The van der Waals surface area contributed by atoms with Crippen LogP contribution in [-0.2, 0) is 9.59 Å². The smallest absolute Gasteiger partial charge is 0.306 e. The number of hydrogen-bond acceptors (Lipinski definition) is 6. The van der Waals surface area contributed by atoms with Crippen LogP contribution in [0.15, 0.2) is 46.6 Å². The number of amides is 1. The number of carboxylic acid groups (broad SMARTS) is 1. The monoisotopic (exact) mass is 448 g/mol. The average molecular weight is 449 g/mol. The molecular formula is C25H28N4O4. The number of aromatic hydroxyl groups is 1. The molecule has 0 saturated heterocycles. The van der Waals surface area contributed by atoms with Crippen molar-refractivity contribution < 1.29 is 19.8 Å². The number of para-hydroxylation sites is 1. The van der Waals surface area contributed by atoms with Gasteiger partial charge >= 0.3 is 11.9 Å². The minimum atomic E-state index is -0.789. The predicted molar refractivity (Wildman–Crippen MR) is 128 cm³/mol. The van der Waals surface area contributed by atoms with Gasteiger partial charge in [-0.05, 0) is 80.8 Å². The van der Waals surface area contributed by atoms with Gasteiger partial charge in [-0.25, -0.2) is 0 Å². The second kappa shape index (κ2) is 9.05. The summed E-state index contributed by atoms with van der Waals surface area (Å²) in [4.78, 5) is 24.4. The first-order chi connectivity index (χ1) is 15.8. The fourth-order valence-electron chi connectivity index (χ4n) is 4.45. The van der Waals surface area contributed by atoms with Crippen molar-refractivity contribution in [3.05, 3.63) is 53.1 Å². The maximum absolute atomic E-state index is 13.0. The molecule has 1 fully saturated rings. The number of carboxylic acids is 1. The van der Waals surface area contributed by atoms with E-state index in [0.29, 0.717) is 35.5 Å². The fraction of sp³-hybridized carbons (Fsp3) is 0.360. The van der Waals surface area contributed by atoms with E-state index in [2.05, 4.69) is 15.6 Å². The van der Waals surface area contributed by atoms with Crippen LogP contribution in [0.25, 0.3) is 0 Å². The van der Waals surface area contributed by atoms with Crippen molar-refractivity contribution in [1.29, 1.82) is 0 Å². The Morgan fingerprint density at radius 2 is 1.94 bits per heavy atom. The van der Waals surface area contributed by atoms with Crippen molar-refractivity contribution in [3.63, 3.8) is 0 Å². The third-order valence-corrected chi connectivity index (χ3v) is 6.54. The van der Waals surface area contributed by atoms with E-state index in [1.165, 1.54) is 5.01 Å². The van der Waals surface area contributed by atoms with Crippen LogP contribution in [0.1, 0.15) is 55.2 Å². The molecule has 1 aliphatic carbocycles. The highest BCUT2D eigenvalue weighted by Crippen LogP contribution is 2.42. The van der Waals surface area contributed by atoms with Gasteiger partial charge in [-0.2, -0.15) is 15.2 Å². The lowest BCUT2D eigenvalue weighted by Crippen LogP contribution is -2.28. The lowest BCUT2D eigenvalue weighted by molar-refractivity contribution is -0.143. The van der Waals surface area contributed by atoms with Gasteiger partial charge in [0.1, 0.15) is 5.75 Å². The van der Waals surface area contributed by atoms with Crippen molar-refractivity contribution in [2.24, 2.45) is 16.1 Å². The van der Waals surface area contributed by atoms with E-state index in [1.54, 1.807) is 19.1 Å². The lowest BCUT2D eigenvalue weighted by atomic mass is 9.77. The van der Waals surface area contributed by atoms with Gasteiger partial charge in [-0.3, -0.25) is 15.0 Å². The molecule has 2 aliphatic rings. The Morgan fingerprint density at radius 3 is 2.67 bits per heavy atom. The molecule has 0 bridgehead atoms. The highest BCUT2D eigenvalue weighted by Gasteiger charge is 2.32. The van der Waals surface area contributed by atoms with Crippen molar-refractivity contribution in [3.8, 4) is 5.75 Å². The van der Waals surface area contributed by atoms with Crippen LogP contribution < -0.4 is 10.4 Å². The molecule has 2 aromatic carbocycles. The summed E-state index contributed by atoms with van der Waals surface area (Å²) in [6.45, 7) is 5.70. The maximum atomic E-state index is 13.0. The topological polar surface area (TPSA) is 115 Å². The minimum Gasteiger partial charge on any atom is -0.505 e. The highest BCUT2D eigenvalue weighted by atomic mass is 16.4. The Hall–Kier alpha value is -3.68. The number of benzene rings is 2. The van der Waals surface area contributed by atoms with Gasteiger partial charge in [-0.1, -0.05) is 24.6 Å². The Balaban J connectivity index is 1.54. The lowest BCUT2D eigenvalue weighted by Gasteiger charge is -2.27. The maximum Gasteiger partial charge on any atom is 0.306 e. The predicted octanol–water partition coefficient (Wildman–Crippen LogP) is 4.56. The molecule has 3 N–H and O–H groups in total. The Kier molecular flexibility index (Phi) is 6.18. The number of aliphatic carboxylic acids is 1. The van der Waals surface area contributed by atoms with E-state index in [1.807, 2.05) is 38.1 Å². The first-order valence-electron chi connectivity index (χ1n) is 11.1. The number of hydrogen-bond donors (Lipinski definition) is 3. The number of nitrogens with zero attached hydrogens (tertiary/aromatic N) is 3. The number of aryl methyl sites for hydroxylation is 2. The standard InChI is InChI=1S/C25H28N4O4/c1-14-10-11-19(12-15(14)2)29-24(31)22(16(3)28-29)27-26-21-9-5-8-20(23(21)30)17-6-4-7-18(13-17)25(32)33/h5,8-12,17-18,26,30H,4,6-7,13H2,1-3H3,(H,32,33)/b27-22-. The van der Waals surface area contributed by atoms with E-state index in [9.17, 15) is 19.8 Å². The number of rotatable bonds is 5. The molecule has 1 aliphatic heterocycles. The first kappa shape index (κ1) is 22.5. The normalized spacial score (nSPS) is 21.9. The third-order valence-electron chi connectivity index (χ3n) is 6.54. The van der Waals surface area contributed by atoms with Crippen LogP contribution in [-0.4, -0.2) is 33.5 Å². The summed E-state index contributed by atoms with van der Waals surface area (Å²) in [5, 5.41) is 30.2. The zero-order chi connectivity index (χ0) is 23.7. The summed E-state index contributed by atoms with van der Waals surface area (Å²) in [6, 6.07) is 11.0. The number of phenolic OH excluding ortho intramolecular Hbond substituents is 1. The van der Waals surface area contributed by atoms with E-state index < -0.39 is 11.9 Å². The number of carbonyl (C=O) groups excluding carboxylic acids is 1. The molecule has 0 spiro atoms. The van der Waals surface area contributed by atoms with Crippen LogP contribution in [0.2, 0.25) is 0 Å². The molecule has 1 heterocycles. The van der Waals surface area contributed by atoms with Gasteiger partial charge in [0.25, 0.3) is 0 Å². The Labute approximate surface area is 192 Å². The molecule has 2 unspecified atom stereocenters. The molecular weight excluding hydrogens is 420 g/mol. The van der Waals surface area contributed by atoms with E-state index in [-0.39, 0.29) is 23.3 Å². The highest BCUT2D eigenvalue weighted by molar-refractivity contribution is 6.71. The van der Waals surface area contributed by atoms with Crippen molar-refractivity contribution in [1.82, 2.24) is 0 Å². The molecule has 172 valence electrons. The largest absolute Gasteiger partial charge is 0.505 e. The second-order valence-electron chi connectivity index (χ2n) is 8.79. The molecule has 1 amide bonds. The van der Waals surface area contributed by atoms with Crippen LogP contribution in [0.4, 0.5) is 11.4 Å². The van der Waals surface area contributed by atoms with Crippen LogP contribution in [0, 0.1) is 19.8 Å². The summed E-state index contributed by atoms with van der Waals surface area (Å²) in [7, 11) is 0. The van der Waals surface area contributed by atoms with E-state index in [4.69, 9.17) is 0 Å². The number of carbonyl (C=O) groups is 2. The summed E-state index contributed by atoms with van der Waals surface area (Å²) in [5.74, 6) is -1.54. The number of phenols is 1. The van der Waals surface area contributed by atoms with Crippen LogP contribution in [0.3, 0.4) is 0 Å². The zero-order valence-electron chi connectivity index (χ0n) is 19.0. The third kappa shape index (κ3) is 4.46. The molecule has 0 aromatic heterocycles.